The molecule has 2 atom stereocenters. The summed E-state index contributed by atoms with van der Waals surface area (Å²) < 4.78 is 6.26. The largest absolute Gasteiger partial charge is 0.374 e. The molecular formula is C14H27NO. The molecule has 2 rings (SSSR count). The molecule has 1 heterocycles. The molecular weight excluding hydrogens is 198 g/mol. The molecule has 1 aliphatic carbocycles. The molecule has 0 bridgehead atoms. The minimum Gasteiger partial charge on any atom is -0.374 e. The van der Waals surface area contributed by atoms with Gasteiger partial charge in [0.2, 0.25) is 0 Å². The maximum atomic E-state index is 6.26. The van der Waals surface area contributed by atoms with Crippen LogP contribution in [-0.2, 0) is 4.74 Å². The van der Waals surface area contributed by atoms with Crippen molar-refractivity contribution < 1.29 is 4.74 Å². The van der Waals surface area contributed by atoms with Gasteiger partial charge in [-0.15, -0.1) is 0 Å². The maximum Gasteiger partial charge on any atom is 0.0748 e. The highest BCUT2D eigenvalue weighted by Gasteiger charge is 2.50. The Hall–Kier alpha value is -0.0800. The van der Waals surface area contributed by atoms with Gasteiger partial charge in [0.25, 0.3) is 0 Å². The molecule has 1 saturated heterocycles. The number of ether oxygens (including phenoxy) is 1. The molecule has 1 saturated carbocycles. The molecule has 2 aliphatic rings. The first-order valence-corrected chi connectivity index (χ1v) is 6.97. The van der Waals surface area contributed by atoms with Gasteiger partial charge in [-0.25, -0.2) is 0 Å². The van der Waals surface area contributed by atoms with E-state index in [0.717, 1.165) is 13.2 Å². The van der Waals surface area contributed by atoms with Crippen molar-refractivity contribution >= 4 is 0 Å². The Bertz CT molecular complexity index is 233. The summed E-state index contributed by atoms with van der Waals surface area (Å²) in [6.07, 6.45) is 7.72. The van der Waals surface area contributed by atoms with Crippen LogP contribution in [0.4, 0.5) is 0 Å². The molecule has 16 heavy (non-hydrogen) atoms. The molecule has 0 amide bonds. The van der Waals surface area contributed by atoms with E-state index in [1.54, 1.807) is 0 Å². The van der Waals surface area contributed by atoms with E-state index in [4.69, 9.17) is 4.74 Å². The minimum atomic E-state index is 0.163. The fraction of sp³-hybridized carbons (Fsp3) is 1.00. The van der Waals surface area contributed by atoms with Crippen LogP contribution >= 0.6 is 0 Å². The Balaban J connectivity index is 2.09. The van der Waals surface area contributed by atoms with Crippen LogP contribution in [0.15, 0.2) is 0 Å². The normalized spacial score (nSPS) is 38.8. The number of hydrogen-bond acceptors (Lipinski definition) is 2. The third kappa shape index (κ3) is 2.14. The number of hydrogen-bond donors (Lipinski definition) is 1. The van der Waals surface area contributed by atoms with Crippen molar-refractivity contribution in [2.75, 3.05) is 13.2 Å². The highest BCUT2D eigenvalue weighted by atomic mass is 16.5. The quantitative estimate of drug-likeness (QED) is 0.779. The van der Waals surface area contributed by atoms with Gasteiger partial charge >= 0.3 is 0 Å². The first-order chi connectivity index (χ1) is 7.60. The van der Waals surface area contributed by atoms with Gasteiger partial charge in [0.05, 0.1) is 5.60 Å². The maximum absolute atomic E-state index is 6.26. The van der Waals surface area contributed by atoms with Crippen molar-refractivity contribution in [1.29, 1.82) is 0 Å². The third-order valence-electron chi connectivity index (χ3n) is 4.78. The Kier molecular flexibility index (Phi) is 3.60. The van der Waals surface area contributed by atoms with Crippen LogP contribution in [0.5, 0.6) is 0 Å². The average molecular weight is 225 g/mol. The zero-order valence-corrected chi connectivity index (χ0v) is 11.1. The van der Waals surface area contributed by atoms with E-state index in [-0.39, 0.29) is 5.60 Å². The van der Waals surface area contributed by atoms with Crippen molar-refractivity contribution in [2.45, 2.75) is 70.9 Å². The Labute approximate surface area is 100 Å². The van der Waals surface area contributed by atoms with Crippen molar-refractivity contribution in [3.63, 3.8) is 0 Å². The predicted octanol–water partition coefficient (Wildman–Crippen LogP) is 3.11. The average Bonchev–Trinajstić information content (AvgIpc) is 2.24. The third-order valence-corrected chi connectivity index (χ3v) is 4.78. The first-order valence-electron chi connectivity index (χ1n) is 6.97. The summed E-state index contributed by atoms with van der Waals surface area (Å²) in [5.74, 6) is 0. The zero-order chi connectivity index (χ0) is 11.6. The van der Waals surface area contributed by atoms with Gasteiger partial charge in [-0.1, -0.05) is 33.6 Å². The summed E-state index contributed by atoms with van der Waals surface area (Å²) >= 11 is 0. The van der Waals surface area contributed by atoms with E-state index in [1.165, 1.54) is 38.5 Å². The van der Waals surface area contributed by atoms with Crippen molar-refractivity contribution in [1.82, 2.24) is 5.32 Å². The summed E-state index contributed by atoms with van der Waals surface area (Å²) in [5.41, 5.74) is 0.523. The minimum absolute atomic E-state index is 0.163. The Morgan fingerprint density at radius 2 is 2.00 bits per heavy atom. The van der Waals surface area contributed by atoms with Gasteiger partial charge in [-0.2, -0.15) is 0 Å². The summed E-state index contributed by atoms with van der Waals surface area (Å²) in [6.45, 7) is 9.04. The second kappa shape index (κ2) is 4.66. The Morgan fingerprint density at radius 3 is 2.69 bits per heavy atom. The van der Waals surface area contributed by atoms with E-state index >= 15 is 0 Å². The van der Waals surface area contributed by atoms with Crippen molar-refractivity contribution in [2.24, 2.45) is 5.41 Å². The molecule has 1 spiro atoms. The topological polar surface area (TPSA) is 21.3 Å². The molecule has 1 aliphatic heterocycles. The molecule has 2 unspecified atom stereocenters. The number of rotatable bonds is 2. The van der Waals surface area contributed by atoms with Gasteiger partial charge in [-0.05, 0) is 37.6 Å². The zero-order valence-electron chi connectivity index (χ0n) is 11.1. The van der Waals surface area contributed by atoms with Crippen LogP contribution in [0.3, 0.4) is 0 Å². The lowest BCUT2D eigenvalue weighted by Crippen LogP contribution is -2.56. The first kappa shape index (κ1) is 12.4. The summed E-state index contributed by atoms with van der Waals surface area (Å²) in [4.78, 5) is 0. The molecule has 0 aromatic heterocycles. The van der Waals surface area contributed by atoms with E-state index in [0.29, 0.717) is 11.5 Å². The monoisotopic (exact) mass is 225 g/mol. The van der Waals surface area contributed by atoms with Crippen LogP contribution in [0.25, 0.3) is 0 Å². The van der Waals surface area contributed by atoms with Gasteiger partial charge in [0.1, 0.15) is 0 Å². The standard InChI is InChI=1S/C14H27NO/c1-4-15-12-7-10-16-14(11-12)9-6-5-8-13(14,2)3/h12,15H,4-11H2,1-3H3. The predicted molar refractivity (Wildman–Crippen MR) is 67.6 cm³/mol. The molecule has 1 N–H and O–H groups in total. The molecule has 94 valence electrons. The molecule has 2 heteroatoms. The Morgan fingerprint density at radius 1 is 1.25 bits per heavy atom. The fourth-order valence-corrected chi connectivity index (χ4v) is 3.61. The lowest BCUT2D eigenvalue weighted by molar-refractivity contribution is -0.175. The van der Waals surface area contributed by atoms with Gasteiger partial charge in [-0.3, -0.25) is 0 Å². The van der Waals surface area contributed by atoms with Crippen LogP contribution in [0, 0.1) is 5.41 Å². The van der Waals surface area contributed by atoms with Crippen molar-refractivity contribution in [3.05, 3.63) is 0 Å². The molecule has 2 nitrogen and oxygen atoms in total. The van der Waals surface area contributed by atoms with Crippen LogP contribution in [0.2, 0.25) is 0 Å². The summed E-state index contributed by atoms with van der Waals surface area (Å²) in [6, 6.07) is 0.677. The van der Waals surface area contributed by atoms with E-state index in [1.807, 2.05) is 0 Å². The number of nitrogens with one attached hydrogen (secondary N) is 1. The molecule has 0 aromatic carbocycles. The summed E-state index contributed by atoms with van der Waals surface area (Å²) in [5, 5.41) is 3.61. The summed E-state index contributed by atoms with van der Waals surface area (Å²) in [7, 11) is 0. The molecule has 0 radical (unpaired) electrons. The van der Waals surface area contributed by atoms with E-state index < -0.39 is 0 Å². The van der Waals surface area contributed by atoms with E-state index in [2.05, 4.69) is 26.1 Å². The van der Waals surface area contributed by atoms with Gasteiger partial charge < -0.3 is 10.1 Å². The fourth-order valence-electron chi connectivity index (χ4n) is 3.61. The van der Waals surface area contributed by atoms with E-state index in [9.17, 15) is 0 Å². The molecule has 0 aromatic rings. The van der Waals surface area contributed by atoms with Crippen LogP contribution in [-0.4, -0.2) is 24.8 Å². The van der Waals surface area contributed by atoms with Crippen molar-refractivity contribution in [3.8, 4) is 0 Å². The lowest BCUT2D eigenvalue weighted by atomic mass is 9.62. The highest BCUT2D eigenvalue weighted by molar-refractivity contribution is 5.02. The highest BCUT2D eigenvalue weighted by Crippen LogP contribution is 2.50. The lowest BCUT2D eigenvalue weighted by Gasteiger charge is -2.53. The van der Waals surface area contributed by atoms with Crippen LogP contribution in [0.1, 0.15) is 59.3 Å². The SMILES string of the molecule is CCNC1CCOC2(CCCCC2(C)C)C1. The molecule has 2 fully saturated rings. The second-order valence-electron chi connectivity index (χ2n) is 6.18. The van der Waals surface area contributed by atoms with Crippen LogP contribution < -0.4 is 5.32 Å². The smallest absolute Gasteiger partial charge is 0.0748 e. The second-order valence-corrected chi connectivity index (χ2v) is 6.18. The van der Waals surface area contributed by atoms with Gasteiger partial charge in [0.15, 0.2) is 0 Å². The van der Waals surface area contributed by atoms with Gasteiger partial charge in [0, 0.05) is 12.6 Å².